The van der Waals surface area contributed by atoms with Crippen molar-refractivity contribution < 1.29 is 0 Å². The van der Waals surface area contributed by atoms with Crippen LogP contribution in [0.25, 0.3) is 54.6 Å². The molecule has 8 aromatic rings. The van der Waals surface area contributed by atoms with Crippen molar-refractivity contribution in [3.05, 3.63) is 175 Å². The number of benzene rings is 8. The number of fused-ring (bicyclic) bond motifs is 8. The molecule has 9 rings (SSSR count). The smallest absolute Gasteiger partial charge is 0.0540 e. The second-order valence-electron chi connectivity index (χ2n) is 13.0. The van der Waals surface area contributed by atoms with Gasteiger partial charge in [-0.05, 0) is 90.5 Å². The van der Waals surface area contributed by atoms with Gasteiger partial charge in [0.1, 0.15) is 0 Å². The number of hydrogen-bond acceptors (Lipinski definition) is 1. The van der Waals surface area contributed by atoms with Crippen molar-refractivity contribution in [2.75, 3.05) is 4.90 Å². The van der Waals surface area contributed by atoms with Crippen LogP contribution in [0.5, 0.6) is 0 Å². The molecule has 0 aliphatic heterocycles. The fourth-order valence-corrected chi connectivity index (χ4v) is 7.75. The zero-order valence-electron chi connectivity index (χ0n) is 26.0. The van der Waals surface area contributed by atoms with E-state index in [-0.39, 0.29) is 5.41 Å². The fraction of sp³-hybridized carbons (Fsp3) is 0.0667. The average Bonchev–Trinajstić information content (AvgIpc) is 3.34. The third-order valence-corrected chi connectivity index (χ3v) is 10.0. The van der Waals surface area contributed by atoms with Crippen molar-refractivity contribution in [2.24, 2.45) is 0 Å². The van der Waals surface area contributed by atoms with Gasteiger partial charge in [-0.2, -0.15) is 0 Å². The Balaban J connectivity index is 1.29. The Hall–Kier alpha value is -5.66. The van der Waals surface area contributed by atoms with Gasteiger partial charge < -0.3 is 4.90 Å². The second kappa shape index (κ2) is 10.2. The van der Waals surface area contributed by atoms with Crippen LogP contribution in [0, 0.1) is 0 Å². The predicted molar refractivity (Wildman–Crippen MR) is 197 cm³/mol. The van der Waals surface area contributed by atoms with Crippen molar-refractivity contribution in [3.63, 3.8) is 0 Å². The lowest BCUT2D eigenvalue weighted by molar-refractivity contribution is 0.660. The van der Waals surface area contributed by atoms with Crippen LogP contribution in [0.3, 0.4) is 0 Å². The largest absolute Gasteiger partial charge is 0.310 e. The Bertz CT molecular complexity index is 2450. The summed E-state index contributed by atoms with van der Waals surface area (Å²) in [6.45, 7) is 4.71. The van der Waals surface area contributed by atoms with Crippen LogP contribution in [-0.4, -0.2) is 0 Å². The van der Waals surface area contributed by atoms with E-state index in [1.54, 1.807) is 0 Å². The summed E-state index contributed by atoms with van der Waals surface area (Å²) >= 11 is 0. The topological polar surface area (TPSA) is 3.24 Å². The molecule has 1 aliphatic rings. The molecule has 1 aliphatic carbocycles. The number of nitrogens with zero attached hydrogens (tertiary/aromatic N) is 1. The second-order valence-corrected chi connectivity index (χ2v) is 13.0. The van der Waals surface area contributed by atoms with Crippen LogP contribution in [0.15, 0.2) is 164 Å². The SMILES string of the molecule is CC1(C)c2ccccc2-c2ccc(N(c3ccc4c(ccc5ccc6ccccc6c54)c3)c3ccccc3-c3ccccc3)cc21. The quantitative estimate of drug-likeness (QED) is 0.185. The molecule has 1 heteroatoms. The average molecular weight is 588 g/mol. The summed E-state index contributed by atoms with van der Waals surface area (Å²) in [6.07, 6.45) is 0. The van der Waals surface area contributed by atoms with Gasteiger partial charge in [-0.25, -0.2) is 0 Å². The Kier molecular flexibility index (Phi) is 5.92. The summed E-state index contributed by atoms with van der Waals surface area (Å²) in [5.41, 5.74) is 11.2. The minimum atomic E-state index is -0.0874. The molecule has 0 aromatic heterocycles. The maximum Gasteiger partial charge on any atom is 0.0540 e. The van der Waals surface area contributed by atoms with E-state index in [0.29, 0.717) is 0 Å². The van der Waals surface area contributed by atoms with Gasteiger partial charge in [0.05, 0.1) is 5.69 Å². The first-order valence-corrected chi connectivity index (χ1v) is 16.1. The van der Waals surface area contributed by atoms with Gasteiger partial charge in [-0.3, -0.25) is 0 Å². The molecule has 218 valence electrons. The molecule has 0 bridgehead atoms. The molecule has 0 fully saturated rings. The van der Waals surface area contributed by atoms with Crippen LogP contribution < -0.4 is 4.90 Å². The monoisotopic (exact) mass is 587 g/mol. The van der Waals surface area contributed by atoms with E-state index in [2.05, 4.69) is 183 Å². The molecule has 0 heterocycles. The Morgan fingerprint density at radius 1 is 0.413 bits per heavy atom. The molecule has 0 radical (unpaired) electrons. The van der Waals surface area contributed by atoms with Crippen LogP contribution in [-0.2, 0) is 5.41 Å². The van der Waals surface area contributed by atoms with Gasteiger partial charge in [0.2, 0.25) is 0 Å². The molecule has 0 amide bonds. The maximum absolute atomic E-state index is 2.45. The predicted octanol–water partition coefficient (Wildman–Crippen LogP) is 12.6. The van der Waals surface area contributed by atoms with E-state index in [9.17, 15) is 0 Å². The zero-order valence-corrected chi connectivity index (χ0v) is 26.0. The molecular formula is C45H33N. The van der Waals surface area contributed by atoms with Crippen molar-refractivity contribution in [3.8, 4) is 22.3 Å². The van der Waals surface area contributed by atoms with Crippen molar-refractivity contribution in [1.29, 1.82) is 0 Å². The Morgan fingerprint density at radius 2 is 1.02 bits per heavy atom. The minimum absolute atomic E-state index is 0.0874. The third-order valence-electron chi connectivity index (χ3n) is 10.0. The summed E-state index contributed by atoms with van der Waals surface area (Å²) < 4.78 is 0. The van der Waals surface area contributed by atoms with Gasteiger partial charge in [0.15, 0.2) is 0 Å². The highest BCUT2D eigenvalue weighted by Gasteiger charge is 2.35. The lowest BCUT2D eigenvalue weighted by atomic mass is 9.82. The zero-order chi connectivity index (χ0) is 30.8. The molecular weight excluding hydrogens is 555 g/mol. The third kappa shape index (κ3) is 4.02. The molecule has 1 nitrogen and oxygen atoms in total. The fourth-order valence-electron chi connectivity index (χ4n) is 7.75. The van der Waals surface area contributed by atoms with E-state index in [0.717, 1.165) is 17.1 Å². The van der Waals surface area contributed by atoms with E-state index < -0.39 is 0 Å². The van der Waals surface area contributed by atoms with E-state index in [1.807, 2.05) is 0 Å². The van der Waals surface area contributed by atoms with Gasteiger partial charge >= 0.3 is 0 Å². The van der Waals surface area contributed by atoms with Crippen molar-refractivity contribution in [1.82, 2.24) is 0 Å². The van der Waals surface area contributed by atoms with Crippen molar-refractivity contribution in [2.45, 2.75) is 19.3 Å². The first-order valence-electron chi connectivity index (χ1n) is 16.1. The highest BCUT2D eigenvalue weighted by atomic mass is 15.1. The highest BCUT2D eigenvalue weighted by Crippen LogP contribution is 2.51. The molecule has 0 saturated heterocycles. The van der Waals surface area contributed by atoms with Crippen molar-refractivity contribution >= 4 is 49.4 Å². The lowest BCUT2D eigenvalue weighted by Crippen LogP contribution is -2.16. The molecule has 0 saturated carbocycles. The Morgan fingerprint density at radius 3 is 1.89 bits per heavy atom. The molecule has 0 unspecified atom stereocenters. The number of hydrogen-bond donors (Lipinski definition) is 0. The van der Waals surface area contributed by atoms with Gasteiger partial charge in [-0.1, -0.05) is 147 Å². The van der Waals surface area contributed by atoms with Crippen LogP contribution in [0.1, 0.15) is 25.0 Å². The van der Waals surface area contributed by atoms with Gasteiger partial charge in [-0.15, -0.1) is 0 Å². The van der Waals surface area contributed by atoms with E-state index in [1.165, 1.54) is 65.7 Å². The molecule has 0 N–H and O–H groups in total. The summed E-state index contributed by atoms with van der Waals surface area (Å²) in [7, 11) is 0. The molecule has 0 atom stereocenters. The van der Waals surface area contributed by atoms with Gasteiger partial charge in [0, 0.05) is 22.4 Å². The number of rotatable bonds is 4. The van der Waals surface area contributed by atoms with E-state index in [4.69, 9.17) is 0 Å². The number of para-hydroxylation sites is 1. The summed E-state index contributed by atoms with van der Waals surface area (Å²) in [6, 6.07) is 60.2. The highest BCUT2D eigenvalue weighted by molar-refractivity contribution is 6.20. The van der Waals surface area contributed by atoms with Gasteiger partial charge in [0.25, 0.3) is 0 Å². The lowest BCUT2D eigenvalue weighted by Gasteiger charge is -2.30. The first-order chi connectivity index (χ1) is 22.6. The summed E-state index contributed by atoms with van der Waals surface area (Å²) in [5.74, 6) is 0. The standard InChI is InChI=1S/C45H33N/c1-45(2)41-18-10-8-17-39(41)40-27-25-35(29-42(40)45)46(43-19-11-9-15-36(43)30-12-4-3-5-13-30)34-24-26-38-33(28-34)23-22-32-21-20-31-14-6-7-16-37(31)44(32)38/h3-29H,1-2H3. The van der Waals surface area contributed by atoms with Crippen LogP contribution in [0.4, 0.5) is 17.1 Å². The Labute approximate surface area is 270 Å². The normalized spacial score (nSPS) is 13.2. The first kappa shape index (κ1) is 26.7. The maximum atomic E-state index is 2.45. The number of anilines is 3. The van der Waals surface area contributed by atoms with E-state index >= 15 is 0 Å². The summed E-state index contributed by atoms with van der Waals surface area (Å²) in [5, 5.41) is 7.66. The summed E-state index contributed by atoms with van der Waals surface area (Å²) in [4.78, 5) is 2.45. The molecule has 46 heavy (non-hydrogen) atoms. The minimum Gasteiger partial charge on any atom is -0.310 e. The van der Waals surface area contributed by atoms with Crippen LogP contribution >= 0.6 is 0 Å². The molecule has 0 spiro atoms. The van der Waals surface area contributed by atoms with Crippen LogP contribution in [0.2, 0.25) is 0 Å². The molecule has 8 aromatic carbocycles.